The Morgan fingerprint density at radius 2 is 2.05 bits per heavy atom. The van der Waals surface area contributed by atoms with Crippen LogP contribution >= 0.6 is 11.3 Å². The Balaban J connectivity index is 2.20. The van der Waals surface area contributed by atoms with Gasteiger partial charge in [0, 0.05) is 22.0 Å². The molecule has 1 unspecified atom stereocenters. The fraction of sp³-hybridized carbons (Fsp3) is 0.471. The van der Waals surface area contributed by atoms with Gasteiger partial charge in [-0.15, -0.1) is 11.3 Å². The highest BCUT2D eigenvalue weighted by Crippen LogP contribution is 2.32. The Morgan fingerprint density at radius 3 is 2.59 bits per heavy atom. The molecule has 0 radical (unpaired) electrons. The molecule has 2 aromatic rings. The Kier molecular flexibility index (Phi) is 5.42. The molecular formula is C17H24N2O2S. The van der Waals surface area contributed by atoms with Crippen LogP contribution in [0.15, 0.2) is 18.2 Å². The summed E-state index contributed by atoms with van der Waals surface area (Å²) in [5, 5.41) is 14.1. The van der Waals surface area contributed by atoms with Crippen molar-refractivity contribution in [2.24, 2.45) is 0 Å². The molecule has 0 fully saturated rings. The van der Waals surface area contributed by atoms with Gasteiger partial charge in [-0.25, -0.2) is 4.98 Å². The third kappa shape index (κ3) is 3.59. The molecule has 0 amide bonds. The third-order valence-corrected chi connectivity index (χ3v) is 5.21. The quantitative estimate of drug-likeness (QED) is 0.835. The smallest absolute Gasteiger partial charge is 0.124 e. The number of anilines is 1. The molecule has 4 nitrogen and oxygen atoms in total. The summed E-state index contributed by atoms with van der Waals surface area (Å²) in [7, 11) is 1.61. The first kappa shape index (κ1) is 16.8. The molecule has 1 heterocycles. The number of thiazole rings is 1. The molecule has 0 bridgehead atoms. The summed E-state index contributed by atoms with van der Waals surface area (Å²) in [5.74, 6) is 1.16. The first-order valence-corrected chi connectivity index (χ1v) is 8.29. The van der Waals surface area contributed by atoms with E-state index in [2.05, 4.69) is 38.0 Å². The lowest BCUT2D eigenvalue weighted by Crippen LogP contribution is -2.07. The SMILES string of the molecule is COc1ccc(NC(C)c2sc(C(C)C)nc2C)cc1CO. The van der Waals surface area contributed by atoms with Gasteiger partial charge in [0.1, 0.15) is 5.75 Å². The maximum atomic E-state index is 9.42. The summed E-state index contributed by atoms with van der Waals surface area (Å²) in [5.41, 5.74) is 2.84. The fourth-order valence-corrected chi connectivity index (χ4v) is 3.46. The number of rotatable bonds is 6. The van der Waals surface area contributed by atoms with E-state index in [1.54, 1.807) is 18.4 Å². The van der Waals surface area contributed by atoms with E-state index in [9.17, 15) is 5.11 Å². The van der Waals surface area contributed by atoms with Crippen molar-refractivity contribution in [1.29, 1.82) is 0 Å². The summed E-state index contributed by atoms with van der Waals surface area (Å²) in [4.78, 5) is 5.91. The number of methoxy groups -OCH3 is 1. The molecule has 0 aliphatic rings. The molecule has 0 spiro atoms. The molecular weight excluding hydrogens is 296 g/mol. The lowest BCUT2D eigenvalue weighted by atomic mass is 10.1. The molecule has 0 aliphatic heterocycles. The summed E-state index contributed by atoms with van der Waals surface area (Å²) in [6, 6.07) is 5.94. The number of hydrogen-bond donors (Lipinski definition) is 2. The molecule has 1 aromatic heterocycles. The maximum Gasteiger partial charge on any atom is 0.124 e. The number of aliphatic hydroxyl groups excluding tert-OH is 1. The summed E-state index contributed by atoms with van der Waals surface area (Å²) >= 11 is 1.76. The van der Waals surface area contributed by atoms with Gasteiger partial charge in [-0.1, -0.05) is 13.8 Å². The summed E-state index contributed by atoms with van der Waals surface area (Å²) in [6.07, 6.45) is 0. The van der Waals surface area contributed by atoms with Crippen LogP contribution in [0.2, 0.25) is 0 Å². The Bertz CT molecular complexity index is 638. The highest BCUT2D eigenvalue weighted by molar-refractivity contribution is 7.12. The number of ether oxygens (including phenoxy) is 1. The van der Waals surface area contributed by atoms with Gasteiger partial charge in [0.25, 0.3) is 0 Å². The number of hydrogen-bond acceptors (Lipinski definition) is 5. The number of benzene rings is 1. The Hall–Kier alpha value is -1.59. The molecule has 120 valence electrons. The van der Waals surface area contributed by atoms with Gasteiger partial charge in [-0.3, -0.25) is 0 Å². The predicted molar refractivity (Wildman–Crippen MR) is 91.9 cm³/mol. The van der Waals surface area contributed by atoms with E-state index in [1.165, 1.54) is 9.88 Å². The van der Waals surface area contributed by atoms with Gasteiger partial charge in [-0.05, 0) is 32.0 Å². The zero-order valence-electron chi connectivity index (χ0n) is 13.8. The minimum atomic E-state index is -0.0375. The second-order valence-corrected chi connectivity index (χ2v) is 6.77. The monoisotopic (exact) mass is 320 g/mol. The van der Waals surface area contributed by atoms with E-state index in [1.807, 2.05) is 18.2 Å². The van der Waals surface area contributed by atoms with Crippen molar-refractivity contribution in [3.8, 4) is 5.75 Å². The fourth-order valence-electron chi connectivity index (χ4n) is 2.39. The van der Waals surface area contributed by atoms with Crippen molar-refractivity contribution >= 4 is 17.0 Å². The number of aromatic nitrogens is 1. The molecule has 0 saturated heterocycles. The number of aryl methyl sites for hydroxylation is 1. The Morgan fingerprint density at radius 1 is 1.32 bits per heavy atom. The number of nitrogens with one attached hydrogen (secondary N) is 1. The molecule has 1 atom stereocenters. The van der Waals surface area contributed by atoms with E-state index in [4.69, 9.17) is 4.74 Å². The lowest BCUT2D eigenvalue weighted by molar-refractivity contribution is 0.274. The standard InChI is InChI=1S/C17H24N2O2S/c1-10(2)17-19-12(4)16(22-17)11(3)18-14-6-7-15(21-5)13(8-14)9-20/h6-8,10-11,18,20H,9H2,1-5H3. The van der Waals surface area contributed by atoms with Crippen LogP contribution < -0.4 is 10.1 Å². The van der Waals surface area contributed by atoms with Gasteiger partial charge >= 0.3 is 0 Å². The second-order valence-electron chi connectivity index (χ2n) is 5.71. The van der Waals surface area contributed by atoms with Gasteiger partial charge in [0.05, 0.1) is 30.5 Å². The van der Waals surface area contributed by atoms with Crippen molar-refractivity contribution in [2.45, 2.75) is 46.3 Å². The molecule has 22 heavy (non-hydrogen) atoms. The highest BCUT2D eigenvalue weighted by atomic mass is 32.1. The third-order valence-electron chi connectivity index (χ3n) is 3.57. The van der Waals surface area contributed by atoms with Crippen LogP contribution in [-0.2, 0) is 6.61 Å². The van der Waals surface area contributed by atoms with Crippen molar-refractivity contribution in [2.75, 3.05) is 12.4 Å². The summed E-state index contributed by atoms with van der Waals surface area (Å²) in [6.45, 7) is 8.48. The van der Waals surface area contributed by atoms with Gasteiger partial charge in [-0.2, -0.15) is 0 Å². The summed E-state index contributed by atoms with van der Waals surface area (Å²) < 4.78 is 5.23. The van der Waals surface area contributed by atoms with Gasteiger partial charge in [0.2, 0.25) is 0 Å². The lowest BCUT2D eigenvalue weighted by Gasteiger charge is -2.16. The first-order valence-electron chi connectivity index (χ1n) is 7.47. The van der Waals surface area contributed by atoms with Crippen LogP contribution in [0.1, 0.15) is 53.9 Å². The van der Waals surface area contributed by atoms with Crippen molar-refractivity contribution in [3.05, 3.63) is 39.3 Å². The van der Waals surface area contributed by atoms with Crippen LogP contribution in [-0.4, -0.2) is 17.2 Å². The van der Waals surface area contributed by atoms with E-state index < -0.39 is 0 Å². The van der Waals surface area contributed by atoms with Crippen LogP contribution in [0.3, 0.4) is 0 Å². The van der Waals surface area contributed by atoms with Crippen LogP contribution in [0, 0.1) is 6.92 Å². The van der Waals surface area contributed by atoms with Crippen molar-refractivity contribution < 1.29 is 9.84 Å². The minimum absolute atomic E-state index is 0.0375. The van der Waals surface area contributed by atoms with Gasteiger partial charge < -0.3 is 15.2 Å². The second kappa shape index (κ2) is 7.11. The zero-order valence-corrected chi connectivity index (χ0v) is 14.6. The predicted octanol–water partition coefficient (Wildman–Crippen LogP) is 4.25. The van der Waals surface area contributed by atoms with Gasteiger partial charge in [0.15, 0.2) is 0 Å². The van der Waals surface area contributed by atoms with Crippen LogP contribution in [0.25, 0.3) is 0 Å². The van der Waals surface area contributed by atoms with Crippen molar-refractivity contribution in [3.63, 3.8) is 0 Å². The first-order chi connectivity index (χ1) is 10.5. The van der Waals surface area contributed by atoms with Crippen molar-refractivity contribution in [1.82, 2.24) is 4.98 Å². The average Bonchev–Trinajstić information content (AvgIpc) is 2.89. The van der Waals surface area contributed by atoms with E-state index in [-0.39, 0.29) is 12.6 Å². The van der Waals surface area contributed by atoms with E-state index >= 15 is 0 Å². The molecule has 2 rings (SSSR count). The Labute approximate surface area is 136 Å². The maximum absolute atomic E-state index is 9.42. The zero-order chi connectivity index (χ0) is 16.3. The molecule has 5 heteroatoms. The normalized spacial score (nSPS) is 12.5. The van der Waals surface area contributed by atoms with Crippen LogP contribution in [0.5, 0.6) is 5.75 Å². The molecule has 0 aliphatic carbocycles. The highest BCUT2D eigenvalue weighted by Gasteiger charge is 2.16. The van der Waals surface area contributed by atoms with E-state index in [0.29, 0.717) is 11.7 Å². The number of nitrogens with zero attached hydrogens (tertiary/aromatic N) is 1. The largest absolute Gasteiger partial charge is 0.496 e. The average molecular weight is 320 g/mol. The van der Waals surface area contributed by atoms with E-state index in [0.717, 1.165) is 16.9 Å². The topological polar surface area (TPSA) is 54.4 Å². The molecule has 2 N–H and O–H groups in total. The molecule has 1 aromatic carbocycles. The minimum Gasteiger partial charge on any atom is -0.496 e. The number of aliphatic hydroxyl groups is 1. The molecule has 0 saturated carbocycles. The van der Waals surface area contributed by atoms with Crippen LogP contribution in [0.4, 0.5) is 5.69 Å².